The van der Waals surface area contributed by atoms with E-state index in [1.54, 1.807) is 49.4 Å². The van der Waals surface area contributed by atoms with Crippen molar-refractivity contribution in [2.24, 2.45) is 0 Å². The van der Waals surface area contributed by atoms with Gasteiger partial charge in [0.1, 0.15) is 5.58 Å². The molecule has 5 heteroatoms. The highest BCUT2D eigenvalue weighted by atomic mass is 35.5. The molecule has 1 aromatic heterocycles. The summed E-state index contributed by atoms with van der Waals surface area (Å²) in [7, 11) is 0. The van der Waals surface area contributed by atoms with Gasteiger partial charge in [0.05, 0.1) is 0 Å². The van der Waals surface area contributed by atoms with Gasteiger partial charge >= 0.3 is 5.97 Å². The minimum absolute atomic E-state index is 0.0862. The lowest BCUT2D eigenvalue weighted by atomic mass is 10.1. The molecule has 1 heterocycles. The van der Waals surface area contributed by atoms with Gasteiger partial charge in [-0.05, 0) is 25.1 Å². The number of esters is 1. The Labute approximate surface area is 137 Å². The summed E-state index contributed by atoms with van der Waals surface area (Å²) < 4.78 is 10.6. The van der Waals surface area contributed by atoms with Crippen molar-refractivity contribution in [1.82, 2.24) is 0 Å². The fraction of sp³-hybridized carbons (Fsp3) is 0.111. The van der Waals surface area contributed by atoms with E-state index >= 15 is 0 Å². The fourth-order valence-electron chi connectivity index (χ4n) is 2.29. The average Bonchev–Trinajstić information content (AvgIpc) is 2.90. The van der Waals surface area contributed by atoms with Crippen LogP contribution >= 0.6 is 11.6 Å². The van der Waals surface area contributed by atoms with Gasteiger partial charge < -0.3 is 9.15 Å². The molecule has 0 aliphatic rings. The van der Waals surface area contributed by atoms with Crippen molar-refractivity contribution in [2.45, 2.75) is 6.92 Å². The number of aryl methyl sites for hydroxylation is 1. The summed E-state index contributed by atoms with van der Waals surface area (Å²) in [6, 6.07) is 13.8. The Kier molecular flexibility index (Phi) is 4.17. The standard InChI is InChI=1S/C18H13ClO4/c1-11-14-9-13(19)7-8-16(14)23-17(11)18(21)22-10-15(20)12-5-3-2-4-6-12/h2-9H,10H2,1H3. The van der Waals surface area contributed by atoms with Crippen molar-refractivity contribution >= 4 is 34.3 Å². The average molecular weight is 329 g/mol. The Balaban J connectivity index is 1.76. The van der Waals surface area contributed by atoms with Crippen molar-refractivity contribution in [3.05, 3.63) is 70.4 Å². The number of furan rings is 1. The molecule has 23 heavy (non-hydrogen) atoms. The largest absolute Gasteiger partial charge is 0.451 e. The van der Waals surface area contributed by atoms with E-state index in [0.717, 1.165) is 5.39 Å². The van der Waals surface area contributed by atoms with Crippen LogP contribution in [0.2, 0.25) is 5.02 Å². The number of ketones is 1. The second-order valence-corrected chi connectivity index (χ2v) is 5.50. The zero-order valence-electron chi connectivity index (χ0n) is 12.3. The van der Waals surface area contributed by atoms with Crippen LogP contribution in [0, 0.1) is 6.92 Å². The van der Waals surface area contributed by atoms with E-state index in [1.165, 1.54) is 0 Å². The van der Waals surface area contributed by atoms with Crippen molar-refractivity contribution in [1.29, 1.82) is 0 Å². The van der Waals surface area contributed by atoms with E-state index < -0.39 is 5.97 Å². The number of halogens is 1. The number of rotatable bonds is 4. The monoisotopic (exact) mass is 328 g/mol. The molecule has 0 radical (unpaired) electrons. The van der Waals surface area contributed by atoms with Gasteiger partial charge in [-0.3, -0.25) is 4.79 Å². The van der Waals surface area contributed by atoms with Crippen LogP contribution in [0.4, 0.5) is 0 Å². The molecule has 0 amide bonds. The quantitative estimate of drug-likeness (QED) is 0.525. The first kappa shape index (κ1) is 15.3. The third kappa shape index (κ3) is 3.12. The van der Waals surface area contributed by atoms with E-state index in [9.17, 15) is 9.59 Å². The summed E-state index contributed by atoms with van der Waals surface area (Å²) >= 11 is 5.95. The van der Waals surface area contributed by atoms with Crippen molar-refractivity contribution in [3.63, 3.8) is 0 Å². The highest BCUT2D eigenvalue weighted by Crippen LogP contribution is 2.28. The summed E-state index contributed by atoms with van der Waals surface area (Å²) in [6.07, 6.45) is 0. The third-order valence-corrected chi connectivity index (χ3v) is 3.75. The molecule has 3 aromatic rings. The first-order chi connectivity index (χ1) is 11.1. The molecular formula is C18H13ClO4. The van der Waals surface area contributed by atoms with Crippen molar-refractivity contribution in [2.75, 3.05) is 6.61 Å². The predicted octanol–water partition coefficient (Wildman–Crippen LogP) is 4.43. The SMILES string of the molecule is Cc1c(C(=O)OCC(=O)c2ccccc2)oc2ccc(Cl)cc12. The number of fused-ring (bicyclic) bond motifs is 1. The van der Waals surface area contributed by atoms with E-state index in [1.807, 2.05) is 6.07 Å². The van der Waals surface area contributed by atoms with Crippen LogP contribution < -0.4 is 0 Å². The predicted molar refractivity (Wildman–Crippen MR) is 87.0 cm³/mol. The zero-order chi connectivity index (χ0) is 16.4. The van der Waals surface area contributed by atoms with Crippen LogP contribution in [0.15, 0.2) is 52.9 Å². The molecule has 0 bridgehead atoms. The number of carbonyl (C=O) groups is 2. The summed E-state index contributed by atoms with van der Waals surface area (Å²) in [4.78, 5) is 24.1. The van der Waals surface area contributed by atoms with Gasteiger partial charge in [-0.25, -0.2) is 4.79 Å². The zero-order valence-corrected chi connectivity index (χ0v) is 13.1. The van der Waals surface area contributed by atoms with E-state index in [-0.39, 0.29) is 18.2 Å². The minimum Gasteiger partial charge on any atom is -0.451 e. The molecule has 0 aliphatic carbocycles. The number of ether oxygens (including phenoxy) is 1. The number of hydrogen-bond donors (Lipinski definition) is 0. The minimum atomic E-state index is -0.667. The second-order valence-electron chi connectivity index (χ2n) is 5.06. The van der Waals surface area contributed by atoms with E-state index in [4.69, 9.17) is 20.8 Å². The van der Waals surface area contributed by atoms with Crippen LogP contribution in [-0.2, 0) is 4.74 Å². The normalized spacial score (nSPS) is 10.7. The highest BCUT2D eigenvalue weighted by Gasteiger charge is 2.20. The Morgan fingerprint density at radius 3 is 2.61 bits per heavy atom. The molecule has 0 spiro atoms. The van der Waals surface area contributed by atoms with Gasteiger partial charge in [-0.2, -0.15) is 0 Å². The van der Waals surface area contributed by atoms with Gasteiger partial charge in [0.2, 0.25) is 5.76 Å². The van der Waals surface area contributed by atoms with Gasteiger partial charge in [-0.15, -0.1) is 0 Å². The summed E-state index contributed by atoms with van der Waals surface area (Å²) in [6.45, 7) is 1.41. The van der Waals surface area contributed by atoms with Gasteiger partial charge in [0, 0.05) is 21.5 Å². The van der Waals surface area contributed by atoms with Gasteiger partial charge in [0.25, 0.3) is 0 Å². The lowest BCUT2D eigenvalue weighted by molar-refractivity contribution is 0.0445. The van der Waals surface area contributed by atoms with E-state index in [0.29, 0.717) is 21.7 Å². The maximum atomic E-state index is 12.2. The summed E-state index contributed by atoms with van der Waals surface area (Å²) in [5, 5.41) is 1.31. The molecule has 3 rings (SSSR count). The van der Waals surface area contributed by atoms with Gasteiger partial charge in [-0.1, -0.05) is 41.9 Å². The molecule has 0 saturated heterocycles. The van der Waals surface area contributed by atoms with Gasteiger partial charge in [0.15, 0.2) is 12.4 Å². The number of hydrogen-bond acceptors (Lipinski definition) is 4. The van der Waals surface area contributed by atoms with Crippen molar-refractivity contribution in [3.8, 4) is 0 Å². The summed E-state index contributed by atoms with van der Waals surface area (Å²) in [5.41, 5.74) is 1.68. The van der Waals surface area contributed by atoms with Crippen LogP contribution in [0.5, 0.6) is 0 Å². The molecule has 0 saturated carbocycles. The smallest absolute Gasteiger partial charge is 0.375 e. The molecule has 2 aromatic carbocycles. The Morgan fingerprint density at radius 1 is 1.13 bits per heavy atom. The number of Topliss-reactive ketones (excluding diaryl/α,β-unsaturated/α-hetero) is 1. The molecule has 0 aliphatic heterocycles. The number of benzene rings is 2. The maximum Gasteiger partial charge on any atom is 0.375 e. The van der Waals surface area contributed by atoms with Crippen molar-refractivity contribution < 1.29 is 18.7 Å². The lowest BCUT2D eigenvalue weighted by Gasteiger charge is -2.03. The number of carbonyl (C=O) groups excluding carboxylic acids is 2. The molecule has 0 fully saturated rings. The van der Waals surface area contributed by atoms with Crippen LogP contribution in [0.3, 0.4) is 0 Å². The summed E-state index contributed by atoms with van der Waals surface area (Å²) in [5.74, 6) is -0.849. The molecular weight excluding hydrogens is 316 g/mol. The Bertz CT molecular complexity index is 881. The Hall–Kier alpha value is -2.59. The van der Waals surface area contributed by atoms with E-state index in [2.05, 4.69) is 0 Å². The second kappa shape index (κ2) is 6.26. The molecule has 116 valence electrons. The molecule has 0 atom stereocenters. The topological polar surface area (TPSA) is 56.5 Å². The van der Waals surface area contributed by atoms with Crippen LogP contribution in [0.1, 0.15) is 26.5 Å². The molecule has 0 N–H and O–H groups in total. The fourth-order valence-corrected chi connectivity index (χ4v) is 2.46. The van der Waals surface area contributed by atoms with Crippen LogP contribution in [0.25, 0.3) is 11.0 Å². The maximum absolute atomic E-state index is 12.2. The first-order valence-corrected chi connectivity index (χ1v) is 7.38. The Morgan fingerprint density at radius 2 is 1.87 bits per heavy atom. The first-order valence-electron chi connectivity index (χ1n) is 7.00. The molecule has 4 nitrogen and oxygen atoms in total. The highest BCUT2D eigenvalue weighted by molar-refractivity contribution is 6.31. The molecule has 0 unspecified atom stereocenters. The van der Waals surface area contributed by atoms with Crippen LogP contribution in [-0.4, -0.2) is 18.4 Å². The third-order valence-electron chi connectivity index (χ3n) is 3.51. The lowest BCUT2D eigenvalue weighted by Crippen LogP contribution is -2.14.